The van der Waals surface area contributed by atoms with Gasteiger partial charge in [-0.25, -0.2) is 4.98 Å². The number of aromatic nitrogens is 2. The van der Waals surface area contributed by atoms with Crippen LogP contribution < -0.4 is 10.6 Å². The first-order valence-electron chi connectivity index (χ1n) is 6.10. The monoisotopic (exact) mass is 298 g/mol. The van der Waals surface area contributed by atoms with E-state index in [2.05, 4.69) is 33.6 Å². The molecule has 2 aromatic rings. The van der Waals surface area contributed by atoms with Gasteiger partial charge in [0, 0.05) is 41.3 Å². The molecule has 0 radical (unpaired) electrons. The van der Waals surface area contributed by atoms with Gasteiger partial charge in [-0.2, -0.15) is 4.98 Å². The molecule has 0 saturated carbocycles. The van der Waals surface area contributed by atoms with Crippen LogP contribution in [-0.4, -0.2) is 39.8 Å². The van der Waals surface area contributed by atoms with E-state index in [0.717, 1.165) is 29.0 Å². The standard InChI is InChI=1S/C12H18N4OS2/c1-8-7-9-10(14-5-4-6-19(3)17)15-12(13-2)16-11(9)18-8/h7H,4-6H2,1-3H3,(H2,13,14,15,16). The maximum atomic E-state index is 11.0. The van der Waals surface area contributed by atoms with Crippen LogP contribution in [0.4, 0.5) is 11.8 Å². The molecular weight excluding hydrogens is 280 g/mol. The van der Waals surface area contributed by atoms with E-state index in [1.54, 1.807) is 17.6 Å². The SMILES string of the molecule is CNc1nc(NCCCS(C)=O)c2cc(C)sc2n1. The van der Waals surface area contributed by atoms with Crippen molar-refractivity contribution >= 4 is 44.1 Å². The lowest BCUT2D eigenvalue weighted by atomic mass is 10.3. The number of thiophene rings is 1. The Balaban J connectivity index is 2.17. The predicted molar refractivity (Wildman–Crippen MR) is 83.7 cm³/mol. The molecule has 7 heteroatoms. The summed E-state index contributed by atoms with van der Waals surface area (Å²) in [6, 6.07) is 2.10. The van der Waals surface area contributed by atoms with E-state index in [-0.39, 0.29) is 0 Å². The minimum atomic E-state index is -0.735. The Hall–Kier alpha value is -1.21. The topological polar surface area (TPSA) is 66.9 Å². The summed E-state index contributed by atoms with van der Waals surface area (Å²) < 4.78 is 11.0. The quantitative estimate of drug-likeness (QED) is 0.801. The Kier molecular flexibility index (Phi) is 4.71. The number of anilines is 2. The maximum absolute atomic E-state index is 11.0. The summed E-state index contributed by atoms with van der Waals surface area (Å²) in [6.45, 7) is 2.83. The van der Waals surface area contributed by atoms with E-state index in [1.165, 1.54) is 4.88 Å². The van der Waals surface area contributed by atoms with Gasteiger partial charge >= 0.3 is 0 Å². The van der Waals surface area contributed by atoms with Crippen molar-refractivity contribution in [1.29, 1.82) is 0 Å². The van der Waals surface area contributed by atoms with Crippen molar-refractivity contribution in [2.45, 2.75) is 13.3 Å². The highest BCUT2D eigenvalue weighted by Gasteiger charge is 2.09. The van der Waals surface area contributed by atoms with Crippen LogP contribution in [0.2, 0.25) is 0 Å². The molecule has 0 aliphatic heterocycles. The first kappa shape index (κ1) is 14.2. The zero-order valence-electron chi connectivity index (χ0n) is 11.3. The number of fused-ring (bicyclic) bond motifs is 1. The summed E-state index contributed by atoms with van der Waals surface area (Å²) in [5.74, 6) is 2.18. The molecule has 0 spiro atoms. The highest BCUT2D eigenvalue weighted by atomic mass is 32.2. The molecule has 2 heterocycles. The van der Waals surface area contributed by atoms with E-state index in [4.69, 9.17) is 0 Å². The van der Waals surface area contributed by atoms with E-state index in [1.807, 2.05) is 7.05 Å². The third-order valence-electron chi connectivity index (χ3n) is 2.64. The molecule has 0 fully saturated rings. The van der Waals surface area contributed by atoms with E-state index < -0.39 is 10.8 Å². The lowest BCUT2D eigenvalue weighted by Gasteiger charge is -2.08. The van der Waals surface area contributed by atoms with Gasteiger partial charge in [-0.15, -0.1) is 11.3 Å². The first-order chi connectivity index (χ1) is 9.10. The van der Waals surface area contributed by atoms with Gasteiger partial charge in [0.15, 0.2) is 0 Å². The Morgan fingerprint density at radius 2 is 2.21 bits per heavy atom. The molecule has 1 unspecified atom stereocenters. The van der Waals surface area contributed by atoms with Gasteiger partial charge in [0.05, 0.1) is 5.39 Å². The van der Waals surface area contributed by atoms with Gasteiger partial charge in [-0.3, -0.25) is 4.21 Å². The van der Waals surface area contributed by atoms with Crippen LogP contribution >= 0.6 is 11.3 Å². The molecule has 2 N–H and O–H groups in total. The number of rotatable bonds is 6. The summed E-state index contributed by atoms with van der Waals surface area (Å²) in [5, 5.41) is 7.34. The Morgan fingerprint density at radius 1 is 1.42 bits per heavy atom. The van der Waals surface area contributed by atoms with E-state index in [0.29, 0.717) is 11.7 Å². The predicted octanol–water partition coefficient (Wildman–Crippen LogP) is 2.22. The summed E-state index contributed by atoms with van der Waals surface area (Å²) >= 11 is 1.66. The Morgan fingerprint density at radius 3 is 2.89 bits per heavy atom. The van der Waals surface area contributed by atoms with Gasteiger partial charge in [0.25, 0.3) is 0 Å². The second-order valence-corrected chi connectivity index (χ2v) is 7.07. The summed E-state index contributed by atoms with van der Waals surface area (Å²) in [7, 11) is 1.08. The fraction of sp³-hybridized carbons (Fsp3) is 0.500. The Bertz CT molecular complexity index is 597. The average molecular weight is 298 g/mol. The third-order valence-corrected chi connectivity index (χ3v) is 4.45. The smallest absolute Gasteiger partial charge is 0.225 e. The van der Waals surface area contributed by atoms with Crippen molar-refractivity contribution in [1.82, 2.24) is 9.97 Å². The molecule has 2 aromatic heterocycles. The highest BCUT2D eigenvalue weighted by Crippen LogP contribution is 2.29. The fourth-order valence-corrected chi connectivity index (χ4v) is 3.20. The van der Waals surface area contributed by atoms with Gasteiger partial charge in [-0.05, 0) is 19.4 Å². The van der Waals surface area contributed by atoms with Crippen molar-refractivity contribution in [2.75, 3.05) is 36.2 Å². The van der Waals surface area contributed by atoms with Crippen LogP contribution in [0.1, 0.15) is 11.3 Å². The van der Waals surface area contributed by atoms with Crippen molar-refractivity contribution in [3.8, 4) is 0 Å². The summed E-state index contributed by atoms with van der Waals surface area (Å²) in [4.78, 5) is 11.1. The molecule has 0 bridgehead atoms. The van der Waals surface area contributed by atoms with Crippen molar-refractivity contribution in [3.05, 3.63) is 10.9 Å². The van der Waals surface area contributed by atoms with Crippen molar-refractivity contribution in [3.63, 3.8) is 0 Å². The second-order valence-electron chi connectivity index (χ2n) is 4.28. The number of aryl methyl sites for hydroxylation is 1. The summed E-state index contributed by atoms with van der Waals surface area (Å²) in [6.07, 6.45) is 2.59. The van der Waals surface area contributed by atoms with Crippen LogP contribution in [0.5, 0.6) is 0 Å². The van der Waals surface area contributed by atoms with Crippen LogP contribution in [0.25, 0.3) is 10.2 Å². The van der Waals surface area contributed by atoms with Crippen LogP contribution in [0.3, 0.4) is 0 Å². The van der Waals surface area contributed by atoms with Crippen LogP contribution in [-0.2, 0) is 10.8 Å². The molecule has 5 nitrogen and oxygen atoms in total. The van der Waals surface area contributed by atoms with Crippen molar-refractivity contribution in [2.24, 2.45) is 0 Å². The normalized spacial score (nSPS) is 12.6. The molecular formula is C12H18N4OS2. The molecule has 0 aromatic carbocycles. The number of nitrogens with one attached hydrogen (secondary N) is 2. The highest BCUT2D eigenvalue weighted by molar-refractivity contribution is 7.84. The number of nitrogens with zero attached hydrogens (tertiary/aromatic N) is 2. The molecule has 104 valence electrons. The third kappa shape index (κ3) is 3.63. The number of hydrogen-bond acceptors (Lipinski definition) is 6. The van der Waals surface area contributed by atoms with Crippen LogP contribution in [0, 0.1) is 6.92 Å². The van der Waals surface area contributed by atoms with E-state index >= 15 is 0 Å². The van der Waals surface area contributed by atoms with Crippen LogP contribution in [0.15, 0.2) is 6.07 Å². The molecule has 0 aliphatic rings. The Labute approximate surface area is 119 Å². The number of hydrogen-bond donors (Lipinski definition) is 2. The molecule has 19 heavy (non-hydrogen) atoms. The molecule has 0 amide bonds. The fourth-order valence-electron chi connectivity index (χ4n) is 1.77. The minimum Gasteiger partial charge on any atom is -0.369 e. The second kappa shape index (κ2) is 6.29. The summed E-state index contributed by atoms with van der Waals surface area (Å²) in [5.41, 5.74) is 0. The molecule has 2 rings (SSSR count). The lowest BCUT2D eigenvalue weighted by molar-refractivity contribution is 0.685. The zero-order valence-corrected chi connectivity index (χ0v) is 13.0. The lowest BCUT2D eigenvalue weighted by Crippen LogP contribution is -2.08. The van der Waals surface area contributed by atoms with Gasteiger partial charge in [0.1, 0.15) is 10.6 Å². The molecule has 1 atom stereocenters. The first-order valence-corrected chi connectivity index (χ1v) is 8.64. The van der Waals surface area contributed by atoms with E-state index in [9.17, 15) is 4.21 Å². The average Bonchev–Trinajstić information content (AvgIpc) is 2.74. The zero-order chi connectivity index (χ0) is 13.8. The molecule has 0 saturated heterocycles. The molecule has 0 aliphatic carbocycles. The van der Waals surface area contributed by atoms with Gasteiger partial charge in [-0.1, -0.05) is 0 Å². The van der Waals surface area contributed by atoms with Crippen molar-refractivity contribution < 1.29 is 4.21 Å². The van der Waals surface area contributed by atoms with Gasteiger partial charge < -0.3 is 10.6 Å². The minimum absolute atomic E-state index is 0.621. The van der Waals surface area contributed by atoms with Gasteiger partial charge in [0.2, 0.25) is 5.95 Å². The largest absolute Gasteiger partial charge is 0.369 e. The maximum Gasteiger partial charge on any atom is 0.225 e.